The quantitative estimate of drug-likeness (QED) is 0.662. The van der Waals surface area contributed by atoms with Gasteiger partial charge in [-0.1, -0.05) is 60.1 Å². The van der Waals surface area contributed by atoms with E-state index in [0.717, 1.165) is 0 Å². The van der Waals surface area contributed by atoms with E-state index >= 15 is 0 Å². The van der Waals surface area contributed by atoms with Crippen LogP contribution in [0.4, 0.5) is 0 Å². The summed E-state index contributed by atoms with van der Waals surface area (Å²) in [6.45, 7) is 6.66. The number of hydrogen-bond acceptors (Lipinski definition) is 0. The number of allylic oxidation sites excluding steroid dienone is 4. The fourth-order valence-electron chi connectivity index (χ4n) is 2.19. The molecule has 0 aromatic heterocycles. The summed E-state index contributed by atoms with van der Waals surface area (Å²) in [6.07, 6.45) is 7.02. The van der Waals surface area contributed by atoms with Gasteiger partial charge >= 0.3 is 0 Å². The summed E-state index contributed by atoms with van der Waals surface area (Å²) in [4.78, 5) is 0. The van der Waals surface area contributed by atoms with E-state index in [4.69, 9.17) is 0 Å². The summed E-state index contributed by atoms with van der Waals surface area (Å²) in [5.74, 6) is 0.560. The Morgan fingerprint density at radius 1 is 0.938 bits per heavy atom. The second-order valence-corrected chi connectivity index (χ2v) is 4.89. The molecule has 1 aliphatic rings. The summed E-state index contributed by atoms with van der Waals surface area (Å²) in [7, 11) is 0. The molecule has 0 amide bonds. The number of benzene rings is 1. The average Bonchev–Trinajstić information content (AvgIpc) is 2.30. The average molecular weight is 212 g/mol. The molecule has 1 atom stereocenters. The molecule has 0 saturated carbocycles. The van der Waals surface area contributed by atoms with Crippen LogP contribution < -0.4 is 0 Å². The van der Waals surface area contributed by atoms with Gasteiger partial charge in [0.15, 0.2) is 0 Å². The summed E-state index contributed by atoms with van der Waals surface area (Å²) < 4.78 is 0. The highest BCUT2D eigenvalue weighted by molar-refractivity contribution is 5.34. The minimum Gasteiger partial charge on any atom is -0.0730 e. The van der Waals surface area contributed by atoms with Gasteiger partial charge in [-0.15, -0.1) is 0 Å². The molecule has 0 saturated heterocycles. The lowest BCUT2D eigenvalue weighted by Gasteiger charge is -2.19. The highest BCUT2D eigenvalue weighted by Gasteiger charge is 2.12. The molecule has 0 N–H and O–H groups in total. The molecule has 0 nitrogen and oxygen atoms in total. The first kappa shape index (κ1) is 11.2. The van der Waals surface area contributed by atoms with Gasteiger partial charge in [-0.05, 0) is 32.3 Å². The highest BCUT2D eigenvalue weighted by Crippen LogP contribution is 2.30. The molecule has 0 heteroatoms. The Morgan fingerprint density at radius 3 is 2.19 bits per heavy atom. The van der Waals surface area contributed by atoms with Crippen LogP contribution in [-0.4, -0.2) is 0 Å². The first-order valence-electron chi connectivity index (χ1n) is 6.09. The minimum absolute atomic E-state index is 0.560. The van der Waals surface area contributed by atoms with Crippen molar-refractivity contribution in [3.8, 4) is 0 Å². The maximum Gasteiger partial charge on any atom is 0.00230 e. The van der Waals surface area contributed by atoms with Gasteiger partial charge in [0.1, 0.15) is 0 Å². The first-order chi connectivity index (χ1) is 7.66. The summed E-state index contributed by atoms with van der Waals surface area (Å²) >= 11 is 0. The molecule has 1 aromatic carbocycles. The smallest absolute Gasteiger partial charge is 0.00230 e. The van der Waals surface area contributed by atoms with E-state index < -0.39 is 0 Å². The van der Waals surface area contributed by atoms with E-state index in [-0.39, 0.29) is 0 Å². The normalized spacial score (nSPS) is 17.7. The van der Waals surface area contributed by atoms with Crippen LogP contribution in [0.25, 0.3) is 0 Å². The molecule has 1 unspecified atom stereocenters. The second kappa shape index (κ2) is 4.69. The summed E-state index contributed by atoms with van der Waals surface area (Å²) in [5.41, 5.74) is 5.84. The van der Waals surface area contributed by atoms with Crippen LogP contribution in [0.1, 0.15) is 43.7 Å². The maximum atomic E-state index is 2.31. The largest absolute Gasteiger partial charge is 0.0730 e. The molecule has 0 fully saturated rings. The Hall–Kier alpha value is -1.30. The molecule has 0 aliphatic heterocycles. The SMILES string of the molecule is CC1=CC=C(C(C)c2ccc(C)cc2)CC1. The second-order valence-electron chi connectivity index (χ2n) is 4.89. The topological polar surface area (TPSA) is 0 Å². The van der Waals surface area contributed by atoms with Crippen LogP contribution in [0.15, 0.2) is 47.6 Å². The van der Waals surface area contributed by atoms with Gasteiger partial charge in [0.2, 0.25) is 0 Å². The van der Waals surface area contributed by atoms with Crippen LogP contribution in [-0.2, 0) is 0 Å². The fraction of sp³-hybridized carbons (Fsp3) is 0.375. The lowest BCUT2D eigenvalue weighted by atomic mass is 9.86. The maximum absolute atomic E-state index is 2.31. The highest BCUT2D eigenvalue weighted by atomic mass is 14.2. The van der Waals surface area contributed by atoms with Crippen LogP contribution >= 0.6 is 0 Å². The Kier molecular flexibility index (Phi) is 3.28. The molecular formula is C16H20. The van der Waals surface area contributed by atoms with Crippen molar-refractivity contribution in [2.24, 2.45) is 0 Å². The Labute approximate surface area is 98.7 Å². The number of hydrogen-bond donors (Lipinski definition) is 0. The van der Waals surface area contributed by atoms with E-state index in [0.29, 0.717) is 5.92 Å². The molecule has 0 heterocycles. The third-order valence-electron chi connectivity index (χ3n) is 3.52. The summed E-state index contributed by atoms with van der Waals surface area (Å²) in [5, 5.41) is 0. The fourth-order valence-corrected chi connectivity index (χ4v) is 2.19. The predicted molar refractivity (Wildman–Crippen MR) is 70.7 cm³/mol. The van der Waals surface area contributed by atoms with Crippen molar-refractivity contribution in [3.63, 3.8) is 0 Å². The molecular weight excluding hydrogens is 192 g/mol. The molecule has 0 spiro atoms. The molecule has 0 radical (unpaired) electrons. The number of rotatable bonds is 2. The van der Waals surface area contributed by atoms with Gasteiger partial charge in [-0.2, -0.15) is 0 Å². The van der Waals surface area contributed by atoms with Gasteiger partial charge in [-0.3, -0.25) is 0 Å². The van der Waals surface area contributed by atoms with Crippen LogP contribution in [0, 0.1) is 6.92 Å². The van der Waals surface area contributed by atoms with Gasteiger partial charge in [0.05, 0.1) is 0 Å². The van der Waals surface area contributed by atoms with Crippen molar-refractivity contribution < 1.29 is 0 Å². The Bertz CT molecular complexity index is 418. The van der Waals surface area contributed by atoms with E-state index in [2.05, 4.69) is 57.2 Å². The lowest BCUT2D eigenvalue weighted by Crippen LogP contribution is -2.01. The van der Waals surface area contributed by atoms with E-state index in [9.17, 15) is 0 Å². The molecule has 84 valence electrons. The molecule has 2 rings (SSSR count). The zero-order chi connectivity index (χ0) is 11.5. The van der Waals surface area contributed by atoms with E-state index in [1.807, 2.05) is 0 Å². The van der Waals surface area contributed by atoms with Gasteiger partial charge in [0, 0.05) is 5.92 Å². The minimum atomic E-state index is 0.560. The van der Waals surface area contributed by atoms with Crippen molar-refractivity contribution in [3.05, 3.63) is 58.7 Å². The van der Waals surface area contributed by atoms with Crippen molar-refractivity contribution in [1.82, 2.24) is 0 Å². The van der Waals surface area contributed by atoms with Crippen molar-refractivity contribution >= 4 is 0 Å². The monoisotopic (exact) mass is 212 g/mol. The third kappa shape index (κ3) is 2.44. The van der Waals surface area contributed by atoms with Crippen molar-refractivity contribution in [2.45, 2.75) is 39.5 Å². The lowest BCUT2D eigenvalue weighted by molar-refractivity contribution is 0.781. The van der Waals surface area contributed by atoms with Crippen molar-refractivity contribution in [2.75, 3.05) is 0 Å². The van der Waals surface area contributed by atoms with Gasteiger partial charge in [0.25, 0.3) is 0 Å². The Morgan fingerprint density at radius 2 is 1.62 bits per heavy atom. The number of aryl methyl sites for hydroxylation is 1. The first-order valence-corrected chi connectivity index (χ1v) is 6.09. The zero-order valence-electron chi connectivity index (χ0n) is 10.5. The predicted octanol–water partition coefficient (Wildman–Crippen LogP) is 4.77. The molecule has 1 aliphatic carbocycles. The summed E-state index contributed by atoms with van der Waals surface area (Å²) in [6, 6.07) is 8.92. The molecule has 1 aromatic rings. The van der Waals surface area contributed by atoms with Gasteiger partial charge in [-0.25, -0.2) is 0 Å². The zero-order valence-corrected chi connectivity index (χ0v) is 10.5. The van der Waals surface area contributed by atoms with Crippen LogP contribution in [0.3, 0.4) is 0 Å². The van der Waals surface area contributed by atoms with E-state index in [1.54, 1.807) is 5.57 Å². The van der Waals surface area contributed by atoms with Crippen LogP contribution in [0.5, 0.6) is 0 Å². The standard InChI is InChI=1S/C16H20/c1-12-4-8-15(9-5-12)14(3)16-10-6-13(2)7-11-16/h4-6,8-10,14H,7,11H2,1-3H3. The van der Waals surface area contributed by atoms with Crippen molar-refractivity contribution in [1.29, 1.82) is 0 Å². The Balaban J connectivity index is 2.19. The third-order valence-corrected chi connectivity index (χ3v) is 3.52. The van der Waals surface area contributed by atoms with Crippen LogP contribution in [0.2, 0.25) is 0 Å². The van der Waals surface area contributed by atoms with Gasteiger partial charge < -0.3 is 0 Å². The molecule has 16 heavy (non-hydrogen) atoms. The van der Waals surface area contributed by atoms with E-state index in [1.165, 1.54) is 29.5 Å². The molecule has 0 bridgehead atoms.